The first-order chi connectivity index (χ1) is 9.92. The maximum atomic E-state index is 4.40. The Balaban J connectivity index is 1.54. The lowest BCUT2D eigenvalue weighted by atomic mass is 9.85. The van der Waals surface area contributed by atoms with Gasteiger partial charge in [-0.3, -0.25) is 4.98 Å². The van der Waals surface area contributed by atoms with Gasteiger partial charge in [0.1, 0.15) is 0 Å². The summed E-state index contributed by atoms with van der Waals surface area (Å²) in [7, 11) is 0. The molecule has 2 heterocycles. The number of nitrogens with one attached hydrogen (secondary N) is 1. The van der Waals surface area contributed by atoms with E-state index in [0.29, 0.717) is 0 Å². The molecule has 1 N–H and O–H groups in total. The molecule has 1 aromatic rings. The van der Waals surface area contributed by atoms with E-state index in [0.717, 1.165) is 24.5 Å². The van der Waals surface area contributed by atoms with Crippen LogP contribution in [0.1, 0.15) is 50.5 Å². The van der Waals surface area contributed by atoms with E-state index in [2.05, 4.69) is 27.5 Å². The average Bonchev–Trinajstić information content (AvgIpc) is 3.23. The Labute approximate surface area is 121 Å². The lowest BCUT2D eigenvalue weighted by Gasteiger charge is -2.34. The number of rotatable bonds is 4. The largest absolute Gasteiger partial charge is 0.367 e. The van der Waals surface area contributed by atoms with Gasteiger partial charge in [-0.1, -0.05) is 12.8 Å². The molecule has 0 aromatic carbocycles. The molecule has 2 atom stereocenters. The van der Waals surface area contributed by atoms with Crippen LogP contribution in [-0.2, 0) is 6.54 Å². The highest BCUT2D eigenvalue weighted by molar-refractivity contribution is 5.53. The van der Waals surface area contributed by atoms with E-state index in [4.69, 9.17) is 0 Å². The van der Waals surface area contributed by atoms with Crippen LogP contribution in [0.5, 0.6) is 0 Å². The molecule has 3 fully saturated rings. The van der Waals surface area contributed by atoms with Crippen LogP contribution >= 0.6 is 0 Å². The Hall–Kier alpha value is -1.09. The molecule has 108 valence electrons. The Morgan fingerprint density at radius 2 is 2.05 bits per heavy atom. The fourth-order valence-electron chi connectivity index (χ4n) is 4.07. The topological polar surface area (TPSA) is 28.2 Å². The van der Waals surface area contributed by atoms with Crippen molar-refractivity contribution in [1.29, 1.82) is 0 Å². The lowest BCUT2D eigenvalue weighted by Crippen LogP contribution is -2.35. The van der Waals surface area contributed by atoms with Crippen LogP contribution in [0.25, 0.3) is 0 Å². The standard InChI is InChI=1S/C17H25N3/c1-2-4-16-13(3-1)8-10-20(16)17-12-18-9-7-14(17)11-19-15-5-6-15/h7,9,12-13,15-16,19H,1-6,8,10-11H2. The van der Waals surface area contributed by atoms with Gasteiger partial charge in [0, 0.05) is 31.4 Å². The Bertz CT molecular complexity index is 469. The molecule has 1 saturated heterocycles. The van der Waals surface area contributed by atoms with Gasteiger partial charge in [-0.05, 0) is 49.7 Å². The number of pyridine rings is 1. The molecule has 4 rings (SSSR count). The van der Waals surface area contributed by atoms with Crippen LogP contribution in [0.15, 0.2) is 18.5 Å². The second-order valence-corrected chi connectivity index (χ2v) is 6.75. The third-order valence-electron chi connectivity index (χ3n) is 5.37. The highest BCUT2D eigenvalue weighted by atomic mass is 15.2. The lowest BCUT2D eigenvalue weighted by molar-refractivity contribution is 0.342. The Kier molecular flexibility index (Phi) is 3.39. The van der Waals surface area contributed by atoms with E-state index in [-0.39, 0.29) is 0 Å². The number of hydrogen-bond donors (Lipinski definition) is 1. The molecule has 3 nitrogen and oxygen atoms in total. The van der Waals surface area contributed by atoms with Crippen molar-refractivity contribution >= 4 is 5.69 Å². The molecule has 2 aliphatic carbocycles. The van der Waals surface area contributed by atoms with Crippen LogP contribution in [0.4, 0.5) is 5.69 Å². The summed E-state index contributed by atoms with van der Waals surface area (Å²) < 4.78 is 0. The van der Waals surface area contributed by atoms with E-state index >= 15 is 0 Å². The smallest absolute Gasteiger partial charge is 0.0600 e. The highest BCUT2D eigenvalue weighted by Gasteiger charge is 2.36. The number of nitrogens with zero attached hydrogens (tertiary/aromatic N) is 2. The summed E-state index contributed by atoms with van der Waals surface area (Å²) in [5.41, 5.74) is 2.84. The van der Waals surface area contributed by atoms with Crippen LogP contribution < -0.4 is 10.2 Å². The monoisotopic (exact) mass is 271 g/mol. The van der Waals surface area contributed by atoms with Gasteiger partial charge >= 0.3 is 0 Å². The average molecular weight is 271 g/mol. The Morgan fingerprint density at radius 3 is 2.95 bits per heavy atom. The van der Waals surface area contributed by atoms with Crippen LogP contribution in [0.3, 0.4) is 0 Å². The first-order valence-corrected chi connectivity index (χ1v) is 8.35. The molecular formula is C17H25N3. The second-order valence-electron chi connectivity index (χ2n) is 6.75. The van der Waals surface area contributed by atoms with E-state index in [1.54, 1.807) is 0 Å². The predicted octanol–water partition coefficient (Wildman–Crippen LogP) is 3.10. The summed E-state index contributed by atoms with van der Waals surface area (Å²) in [6.07, 6.45) is 13.8. The molecule has 20 heavy (non-hydrogen) atoms. The van der Waals surface area contributed by atoms with Crippen LogP contribution in [0, 0.1) is 5.92 Å². The first kappa shape index (κ1) is 12.6. The van der Waals surface area contributed by atoms with Crippen molar-refractivity contribution in [2.45, 2.75) is 63.6 Å². The third-order valence-corrected chi connectivity index (χ3v) is 5.37. The van der Waals surface area contributed by atoms with Crippen molar-refractivity contribution in [3.8, 4) is 0 Å². The van der Waals surface area contributed by atoms with Crippen LogP contribution in [-0.4, -0.2) is 23.6 Å². The maximum absolute atomic E-state index is 4.40. The summed E-state index contributed by atoms with van der Waals surface area (Å²) >= 11 is 0. The van der Waals surface area contributed by atoms with Gasteiger partial charge in [-0.15, -0.1) is 0 Å². The third kappa shape index (κ3) is 2.44. The highest BCUT2D eigenvalue weighted by Crippen LogP contribution is 2.39. The van der Waals surface area contributed by atoms with Crippen molar-refractivity contribution in [3.63, 3.8) is 0 Å². The number of hydrogen-bond acceptors (Lipinski definition) is 3. The van der Waals surface area contributed by atoms with Crippen molar-refractivity contribution in [2.75, 3.05) is 11.4 Å². The summed E-state index contributed by atoms with van der Waals surface area (Å²) in [4.78, 5) is 7.07. The SMILES string of the molecule is c1cc(CNC2CC2)c(N2CCC3CCCCC32)cn1. The zero-order valence-corrected chi connectivity index (χ0v) is 12.2. The quantitative estimate of drug-likeness (QED) is 0.912. The molecule has 0 radical (unpaired) electrons. The van der Waals surface area contributed by atoms with Gasteiger partial charge in [0.05, 0.1) is 11.9 Å². The van der Waals surface area contributed by atoms with Gasteiger partial charge in [-0.25, -0.2) is 0 Å². The van der Waals surface area contributed by atoms with Crippen LogP contribution in [0.2, 0.25) is 0 Å². The number of aromatic nitrogens is 1. The fraction of sp³-hybridized carbons (Fsp3) is 0.706. The van der Waals surface area contributed by atoms with E-state index < -0.39 is 0 Å². The van der Waals surface area contributed by atoms with Gasteiger partial charge < -0.3 is 10.2 Å². The summed E-state index contributed by atoms with van der Waals surface area (Å²) in [5, 5.41) is 3.65. The van der Waals surface area contributed by atoms with Gasteiger partial charge in [0.15, 0.2) is 0 Å². The van der Waals surface area contributed by atoms with E-state index in [1.807, 2.05) is 6.20 Å². The van der Waals surface area contributed by atoms with Crippen molar-refractivity contribution in [3.05, 3.63) is 24.0 Å². The van der Waals surface area contributed by atoms with Crippen molar-refractivity contribution < 1.29 is 0 Å². The molecule has 0 amide bonds. The minimum absolute atomic E-state index is 0.775. The minimum Gasteiger partial charge on any atom is -0.367 e. The molecule has 3 heteroatoms. The molecule has 1 aliphatic heterocycles. The van der Waals surface area contributed by atoms with E-state index in [9.17, 15) is 0 Å². The van der Waals surface area contributed by atoms with Gasteiger partial charge in [-0.2, -0.15) is 0 Å². The second kappa shape index (κ2) is 5.36. The molecule has 2 unspecified atom stereocenters. The fourth-order valence-corrected chi connectivity index (χ4v) is 4.07. The van der Waals surface area contributed by atoms with Gasteiger partial charge in [0.2, 0.25) is 0 Å². The zero-order valence-electron chi connectivity index (χ0n) is 12.2. The molecule has 0 bridgehead atoms. The van der Waals surface area contributed by atoms with E-state index in [1.165, 1.54) is 62.7 Å². The first-order valence-electron chi connectivity index (χ1n) is 8.35. The molecular weight excluding hydrogens is 246 g/mol. The minimum atomic E-state index is 0.775. The zero-order chi connectivity index (χ0) is 13.4. The molecule has 3 aliphatic rings. The predicted molar refractivity (Wildman–Crippen MR) is 81.8 cm³/mol. The summed E-state index contributed by atoms with van der Waals surface area (Å²) in [6.45, 7) is 2.24. The summed E-state index contributed by atoms with van der Waals surface area (Å²) in [6, 6.07) is 3.77. The number of fused-ring (bicyclic) bond motifs is 1. The van der Waals surface area contributed by atoms with Crippen molar-refractivity contribution in [2.24, 2.45) is 5.92 Å². The molecule has 0 spiro atoms. The normalized spacial score (nSPS) is 29.5. The maximum Gasteiger partial charge on any atom is 0.0600 e. The summed E-state index contributed by atoms with van der Waals surface area (Å²) in [5.74, 6) is 0.938. The number of anilines is 1. The Morgan fingerprint density at radius 1 is 1.15 bits per heavy atom. The van der Waals surface area contributed by atoms with Gasteiger partial charge in [0.25, 0.3) is 0 Å². The molecule has 2 saturated carbocycles. The molecule has 1 aromatic heterocycles. The van der Waals surface area contributed by atoms with Crippen molar-refractivity contribution in [1.82, 2.24) is 10.3 Å².